The molecular weight excluding hydrogens is 866 g/mol. The van der Waals surface area contributed by atoms with Crippen molar-refractivity contribution in [1.29, 1.82) is 0 Å². The van der Waals surface area contributed by atoms with Gasteiger partial charge in [0, 0.05) is 50.5 Å². The van der Waals surface area contributed by atoms with Gasteiger partial charge < -0.3 is 44.6 Å². The van der Waals surface area contributed by atoms with Crippen LogP contribution in [0.4, 0.5) is 0 Å². The predicted molar refractivity (Wildman–Crippen MR) is 260 cm³/mol. The summed E-state index contributed by atoms with van der Waals surface area (Å²) in [6.07, 6.45) is 8.97. The number of aliphatic hydroxyl groups is 1. The summed E-state index contributed by atoms with van der Waals surface area (Å²) in [5, 5.41) is 15.0. The van der Waals surface area contributed by atoms with Crippen LogP contribution in [0.1, 0.15) is 90.0 Å². The molecule has 0 aliphatic carbocycles. The van der Waals surface area contributed by atoms with Crippen molar-refractivity contribution in [3.05, 3.63) is 166 Å². The first-order valence-electron chi connectivity index (χ1n) is 24.0. The number of aliphatic hydroxyl groups excluding tert-OH is 1. The monoisotopic (exact) mass is 934 g/mol. The van der Waals surface area contributed by atoms with E-state index in [-0.39, 0.29) is 5.92 Å². The van der Waals surface area contributed by atoms with E-state index >= 15 is 0 Å². The first-order chi connectivity index (χ1) is 32.5. The molecule has 1 amide bonds. The van der Waals surface area contributed by atoms with Crippen molar-refractivity contribution in [3.63, 3.8) is 0 Å². The molecule has 3 unspecified atom stereocenters. The van der Waals surface area contributed by atoms with Gasteiger partial charge in [0.1, 0.15) is 23.5 Å². The Morgan fingerprint density at radius 3 is 2.21 bits per heavy atom. The van der Waals surface area contributed by atoms with Crippen LogP contribution < -0.4 is 20.5 Å². The predicted octanol–water partition coefficient (Wildman–Crippen LogP) is 8.34. The van der Waals surface area contributed by atoms with Gasteiger partial charge in [-0.25, -0.2) is 9.09 Å². The third-order valence-corrected chi connectivity index (χ3v) is 14.1. The first-order valence-corrected chi connectivity index (χ1v) is 25.5. The Morgan fingerprint density at radius 1 is 0.821 bits per heavy atom. The second-order valence-electron chi connectivity index (χ2n) is 18.2. The topological polar surface area (TPSA) is 170 Å². The van der Waals surface area contributed by atoms with E-state index in [9.17, 15) is 24.3 Å². The number of nitrogens with one attached hydrogen (secondary N) is 1. The molecule has 67 heavy (non-hydrogen) atoms. The molecular formula is C54H69N3O9P+. The Kier molecular flexibility index (Phi) is 18.2. The molecule has 0 aromatic heterocycles. The molecule has 1 fully saturated rings. The fourth-order valence-corrected chi connectivity index (χ4v) is 10.4. The largest absolute Gasteiger partial charge is 0.493 e. The van der Waals surface area contributed by atoms with Gasteiger partial charge in [0.2, 0.25) is 5.91 Å². The van der Waals surface area contributed by atoms with Gasteiger partial charge in [0.25, 0.3) is 0 Å². The van der Waals surface area contributed by atoms with Crippen molar-refractivity contribution in [1.82, 2.24) is 5.32 Å². The first kappa shape index (κ1) is 50.0. The van der Waals surface area contributed by atoms with Crippen molar-refractivity contribution in [3.8, 4) is 11.5 Å². The number of phosphoric ester groups is 1. The van der Waals surface area contributed by atoms with E-state index in [1.807, 2.05) is 72.8 Å². The number of hydrogen-bond acceptors (Lipinski definition) is 8. The maximum atomic E-state index is 14.2. The van der Waals surface area contributed by atoms with Crippen LogP contribution in [0.15, 0.2) is 127 Å². The highest BCUT2D eigenvalue weighted by Crippen LogP contribution is 2.47. The molecule has 1 saturated heterocycles. The number of ether oxygens (including phenoxy) is 3. The number of likely N-dealkylation sites (tertiary alicyclic amines) is 1. The van der Waals surface area contributed by atoms with Crippen molar-refractivity contribution < 1.29 is 47.5 Å². The summed E-state index contributed by atoms with van der Waals surface area (Å²) in [6.45, 7) is 5.23. The zero-order chi connectivity index (χ0) is 47.0. The van der Waals surface area contributed by atoms with Gasteiger partial charge in [-0.05, 0) is 90.2 Å². The lowest BCUT2D eigenvalue weighted by Gasteiger charge is -2.40. The number of carbonyl (C=O) groups excluding carboxylic acids is 1. The standard InChI is InChI=1S/C54H68N3O9P/c55-53(59)54(47-19-8-4-9-20-47,48-21-10-5-11-22-48)49-28-32-57(40-49,31-27-43-23-25-51-45(36-43)29-35-64-51)39-46-37-44(24-26-52(46)65-41-66-67(60,61)62)50(58)38-56-30-13-1-2-14-33-63-34-15-12-18-42-16-6-3-7-17-42/h3-11,16-17,19-26,36-37,49-50,56,58H,1-2,12-15,18,27-35,38-41H2,(H3-,55,59,60,61,62)/p+1. The highest BCUT2D eigenvalue weighted by Gasteiger charge is 2.54. The molecule has 358 valence electrons. The number of carbonyl (C=O) groups is 1. The zero-order valence-electron chi connectivity index (χ0n) is 38.7. The third-order valence-electron chi connectivity index (χ3n) is 13.6. The smallest absolute Gasteiger partial charge is 0.472 e. The van der Waals surface area contributed by atoms with Crippen molar-refractivity contribution >= 4 is 13.7 Å². The van der Waals surface area contributed by atoms with Crippen LogP contribution in [0.2, 0.25) is 0 Å². The minimum Gasteiger partial charge on any atom is -0.493 e. The van der Waals surface area contributed by atoms with E-state index in [1.165, 1.54) is 16.7 Å². The summed E-state index contributed by atoms with van der Waals surface area (Å²) >= 11 is 0. The summed E-state index contributed by atoms with van der Waals surface area (Å²) in [5.41, 5.74) is 12.4. The molecule has 7 rings (SSSR count). The zero-order valence-corrected chi connectivity index (χ0v) is 39.6. The molecule has 3 atom stereocenters. The van der Waals surface area contributed by atoms with Gasteiger partial charge in [-0.15, -0.1) is 0 Å². The summed E-state index contributed by atoms with van der Waals surface area (Å²) in [4.78, 5) is 33.1. The SMILES string of the molecule is NC(=O)C(c1ccccc1)(c1ccccc1)C1CC[N+](CCc2ccc3c(c2)CCO3)(Cc2cc(C(O)CNCCCCCCOCCCCc3ccccc3)ccc2OCOP(=O)(O)O)C1. The van der Waals surface area contributed by atoms with Crippen LogP contribution in [-0.4, -0.2) is 84.6 Å². The van der Waals surface area contributed by atoms with Gasteiger partial charge in [-0.3, -0.25) is 4.79 Å². The van der Waals surface area contributed by atoms with Gasteiger partial charge in [-0.2, -0.15) is 0 Å². The molecule has 5 aromatic carbocycles. The Bertz CT molecular complexity index is 2310. The minimum absolute atomic E-state index is 0.175. The number of primary amides is 1. The highest BCUT2D eigenvalue weighted by molar-refractivity contribution is 7.46. The Morgan fingerprint density at radius 2 is 1.51 bits per heavy atom. The quantitative estimate of drug-likeness (QED) is 0.0142. The molecule has 0 saturated carbocycles. The fraction of sp³-hybridized carbons (Fsp3) is 0.426. The molecule has 5 aromatic rings. The Labute approximate surface area is 396 Å². The van der Waals surface area contributed by atoms with E-state index in [4.69, 9.17) is 24.5 Å². The number of nitrogens with two attached hydrogens (primary N) is 1. The maximum absolute atomic E-state index is 14.2. The van der Waals surface area contributed by atoms with Crippen LogP contribution in [0.25, 0.3) is 0 Å². The summed E-state index contributed by atoms with van der Waals surface area (Å²) in [5.74, 6) is 0.749. The lowest BCUT2D eigenvalue weighted by Crippen LogP contribution is -2.52. The van der Waals surface area contributed by atoms with Crippen LogP contribution in [0, 0.1) is 5.92 Å². The number of nitrogens with zero attached hydrogens (tertiary/aromatic N) is 1. The van der Waals surface area contributed by atoms with E-state index in [1.54, 1.807) is 12.1 Å². The van der Waals surface area contributed by atoms with Gasteiger partial charge in [-0.1, -0.05) is 122 Å². The van der Waals surface area contributed by atoms with Crippen molar-refractivity contribution in [2.75, 3.05) is 59.3 Å². The van der Waals surface area contributed by atoms with E-state index in [2.05, 4.69) is 47.8 Å². The van der Waals surface area contributed by atoms with E-state index in [0.717, 1.165) is 113 Å². The van der Waals surface area contributed by atoms with Crippen LogP contribution in [0.5, 0.6) is 11.5 Å². The number of amides is 1. The fourth-order valence-electron chi connectivity index (χ4n) is 10.2. The molecule has 2 heterocycles. The Hall–Kier alpha value is -4.88. The molecule has 0 spiro atoms. The lowest BCUT2D eigenvalue weighted by molar-refractivity contribution is -0.931. The number of unbranched alkanes of at least 4 members (excludes halogenated alkanes) is 4. The number of rotatable bonds is 28. The summed E-state index contributed by atoms with van der Waals surface area (Å²) in [6, 6.07) is 42.1. The van der Waals surface area contributed by atoms with Crippen LogP contribution in [-0.2, 0) is 49.8 Å². The second kappa shape index (κ2) is 24.4. The lowest BCUT2D eigenvalue weighted by atomic mass is 9.64. The Balaban J connectivity index is 1.04. The van der Waals surface area contributed by atoms with E-state index in [0.29, 0.717) is 48.5 Å². The number of aryl methyl sites for hydroxylation is 1. The normalized spacial score (nSPS) is 17.5. The molecule has 2 aliphatic heterocycles. The number of fused-ring (bicyclic) bond motifs is 1. The molecule has 0 radical (unpaired) electrons. The molecule has 6 N–H and O–H groups in total. The number of benzene rings is 5. The van der Waals surface area contributed by atoms with E-state index < -0.39 is 32.0 Å². The van der Waals surface area contributed by atoms with Crippen molar-refractivity contribution in [2.45, 2.75) is 82.3 Å². The van der Waals surface area contributed by atoms with Gasteiger partial charge >= 0.3 is 7.82 Å². The molecule has 2 aliphatic rings. The van der Waals surface area contributed by atoms with Gasteiger partial charge in [0.05, 0.1) is 32.3 Å². The minimum atomic E-state index is -4.81. The van der Waals surface area contributed by atoms with Crippen LogP contribution >= 0.6 is 7.82 Å². The van der Waals surface area contributed by atoms with Gasteiger partial charge in [0.15, 0.2) is 6.79 Å². The molecule has 0 bridgehead atoms. The highest BCUT2D eigenvalue weighted by atomic mass is 31.2. The average Bonchev–Trinajstić information content (AvgIpc) is 3.98. The summed E-state index contributed by atoms with van der Waals surface area (Å²) in [7, 11) is -4.81. The number of hydrogen-bond donors (Lipinski definition) is 5. The second-order valence-corrected chi connectivity index (χ2v) is 19.5. The molecule has 12 nitrogen and oxygen atoms in total. The average molecular weight is 935 g/mol. The van der Waals surface area contributed by atoms with Crippen LogP contribution in [0.3, 0.4) is 0 Å². The molecule has 13 heteroatoms. The maximum Gasteiger partial charge on any atom is 0.472 e. The number of quaternary nitrogens is 1. The number of phosphoric acid groups is 1. The van der Waals surface area contributed by atoms with Crippen molar-refractivity contribution in [2.24, 2.45) is 11.7 Å². The summed E-state index contributed by atoms with van der Waals surface area (Å²) < 4.78 is 34.6. The third kappa shape index (κ3) is 13.9.